The first-order valence-electron chi connectivity index (χ1n) is 6.13. The van der Waals surface area contributed by atoms with Crippen molar-refractivity contribution in [1.82, 2.24) is 10.2 Å². The van der Waals surface area contributed by atoms with Crippen LogP contribution >= 0.6 is 11.6 Å². The van der Waals surface area contributed by atoms with Crippen molar-refractivity contribution in [2.75, 3.05) is 19.6 Å². The quantitative estimate of drug-likeness (QED) is 0.758. The molecule has 0 saturated heterocycles. The van der Waals surface area contributed by atoms with Gasteiger partial charge in [-0.25, -0.2) is 4.79 Å². The number of hydrogen-bond donors (Lipinski definition) is 2. The van der Waals surface area contributed by atoms with Crippen molar-refractivity contribution in [3.05, 3.63) is 47.5 Å². The fourth-order valence-electron chi connectivity index (χ4n) is 1.62. The molecule has 0 radical (unpaired) electrons. The summed E-state index contributed by atoms with van der Waals surface area (Å²) in [5, 5.41) is 12.1. The predicted octanol–water partition coefficient (Wildman–Crippen LogP) is 2.16. The van der Waals surface area contributed by atoms with E-state index in [0.29, 0.717) is 18.0 Å². The number of aliphatic carboxylic acids is 1. The zero-order valence-electron chi connectivity index (χ0n) is 11.0. The summed E-state index contributed by atoms with van der Waals surface area (Å²) in [5.41, 5.74) is 1.04. The second kappa shape index (κ2) is 8.22. The van der Waals surface area contributed by atoms with Crippen LogP contribution in [-0.2, 0) is 11.2 Å². The molecule has 2 amide bonds. The Balaban J connectivity index is 2.42. The van der Waals surface area contributed by atoms with E-state index in [9.17, 15) is 9.59 Å². The van der Waals surface area contributed by atoms with E-state index in [0.717, 1.165) is 5.56 Å². The summed E-state index contributed by atoms with van der Waals surface area (Å²) in [7, 11) is 0. The molecule has 108 valence electrons. The Bertz CT molecular complexity index is 474. The number of nitrogens with one attached hydrogen (secondary N) is 1. The molecule has 0 atom stereocenters. The molecule has 0 spiro atoms. The molecular formula is C14H17ClN2O3. The molecule has 20 heavy (non-hydrogen) atoms. The van der Waals surface area contributed by atoms with Gasteiger partial charge in [-0.15, -0.1) is 6.58 Å². The summed E-state index contributed by atoms with van der Waals surface area (Å²) in [6, 6.07) is 6.92. The van der Waals surface area contributed by atoms with Crippen LogP contribution in [0.25, 0.3) is 0 Å². The number of benzene rings is 1. The van der Waals surface area contributed by atoms with Gasteiger partial charge in [0.2, 0.25) is 0 Å². The molecule has 1 rings (SSSR count). The molecule has 6 heteroatoms. The second-order valence-electron chi connectivity index (χ2n) is 4.17. The van der Waals surface area contributed by atoms with E-state index in [2.05, 4.69) is 11.9 Å². The third kappa shape index (κ3) is 5.75. The molecule has 0 aliphatic carbocycles. The van der Waals surface area contributed by atoms with Gasteiger partial charge in [-0.3, -0.25) is 4.79 Å². The van der Waals surface area contributed by atoms with Gasteiger partial charge in [-0.1, -0.05) is 29.8 Å². The van der Waals surface area contributed by atoms with Gasteiger partial charge in [0.1, 0.15) is 6.54 Å². The van der Waals surface area contributed by atoms with Gasteiger partial charge in [0, 0.05) is 18.1 Å². The molecule has 0 bridgehead atoms. The first-order valence-corrected chi connectivity index (χ1v) is 6.50. The van der Waals surface area contributed by atoms with Crippen molar-refractivity contribution >= 4 is 23.6 Å². The highest BCUT2D eigenvalue weighted by Crippen LogP contribution is 2.09. The number of rotatable bonds is 7. The molecule has 0 heterocycles. The highest BCUT2D eigenvalue weighted by atomic mass is 35.5. The average Bonchev–Trinajstić information content (AvgIpc) is 2.40. The molecule has 0 aromatic heterocycles. The molecule has 0 aliphatic heterocycles. The lowest BCUT2D eigenvalue weighted by atomic mass is 10.1. The zero-order valence-corrected chi connectivity index (χ0v) is 11.8. The molecular weight excluding hydrogens is 280 g/mol. The lowest BCUT2D eigenvalue weighted by Crippen LogP contribution is -2.43. The average molecular weight is 297 g/mol. The van der Waals surface area contributed by atoms with Crippen LogP contribution in [0.4, 0.5) is 4.79 Å². The smallest absolute Gasteiger partial charge is 0.323 e. The van der Waals surface area contributed by atoms with Crippen LogP contribution in [0.2, 0.25) is 5.02 Å². The standard InChI is InChI=1S/C14H17ClN2O3/c1-2-9-17(10-13(18)19)14(20)16-8-7-11-3-5-12(15)6-4-11/h2-6H,1,7-10H2,(H,16,20)(H,18,19). The van der Waals surface area contributed by atoms with Crippen LogP contribution in [0.15, 0.2) is 36.9 Å². The first kappa shape index (κ1) is 16.0. The Morgan fingerprint density at radius 2 is 2.00 bits per heavy atom. The SMILES string of the molecule is C=CCN(CC(=O)O)C(=O)NCCc1ccc(Cl)cc1. The zero-order chi connectivity index (χ0) is 15.0. The molecule has 0 unspecified atom stereocenters. The molecule has 0 saturated carbocycles. The Morgan fingerprint density at radius 1 is 1.35 bits per heavy atom. The van der Waals surface area contributed by atoms with Crippen LogP contribution in [0, 0.1) is 0 Å². The van der Waals surface area contributed by atoms with Gasteiger partial charge in [0.05, 0.1) is 0 Å². The van der Waals surface area contributed by atoms with Crippen LogP contribution < -0.4 is 5.32 Å². The summed E-state index contributed by atoms with van der Waals surface area (Å²) in [4.78, 5) is 23.6. The van der Waals surface area contributed by atoms with Crippen molar-refractivity contribution in [2.24, 2.45) is 0 Å². The summed E-state index contributed by atoms with van der Waals surface area (Å²) in [6.07, 6.45) is 2.14. The molecule has 5 nitrogen and oxygen atoms in total. The minimum atomic E-state index is -1.06. The number of carboxylic acid groups (broad SMARTS) is 1. The van der Waals surface area contributed by atoms with Crippen molar-refractivity contribution in [3.8, 4) is 0 Å². The van der Waals surface area contributed by atoms with E-state index in [1.54, 1.807) is 12.1 Å². The normalized spacial score (nSPS) is 9.85. The van der Waals surface area contributed by atoms with E-state index in [1.807, 2.05) is 12.1 Å². The summed E-state index contributed by atoms with van der Waals surface area (Å²) < 4.78 is 0. The molecule has 0 aliphatic rings. The maximum Gasteiger partial charge on any atom is 0.323 e. The molecule has 1 aromatic carbocycles. The Hall–Kier alpha value is -2.01. The van der Waals surface area contributed by atoms with Gasteiger partial charge in [-0.05, 0) is 24.1 Å². The van der Waals surface area contributed by atoms with E-state index >= 15 is 0 Å². The van der Waals surface area contributed by atoms with Gasteiger partial charge >= 0.3 is 12.0 Å². The van der Waals surface area contributed by atoms with Gasteiger partial charge in [0.15, 0.2) is 0 Å². The van der Waals surface area contributed by atoms with E-state index in [4.69, 9.17) is 16.7 Å². The third-order valence-corrected chi connectivity index (χ3v) is 2.82. The Morgan fingerprint density at radius 3 is 2.55 bits per heavy atom. The van der Waals surface area contributed by atoms with Crippen molar-refractivity contribution < 1.29 is 14.7 Å². The molecule has 2 N–H and O–H groups in total. The number of amides is 2. The van der Waals surface area contributed by atoms with Crippen LogP contribution in [-0.4, -0.2) is 41.6 Å². The second-order valence-corrected chi connectivity index (χ2v) is 4.61. The van der Waals surface area contributed by atoms with Crippen molar-refractivity contribution in [1.29, 1.82) is 0 Å². The third-order valence-electron chi connectivity index (χ3n) is 2.57. The minimum Gasteiger partial charge on any atom is -0.480 e. The lowest BCUT2D eigenvalue weighted by Gasteiger charge is -2.19. The van der Waals surface area contributed by atoms with Gasteiger partial charge in [-0.2, -0.15) is 0 Å². The maximum absolute atomic E-state index is 11.8. The Kier molecular flexibility index (Phi) is 6.59. The largest absolute Gasteiger partial charge is 0.480 e. The predicted molar refractivity (Wildman–Crippen MR) is 78.0 cm³/mol. The fraction of sp³-hybridized carbons (Fsp3) is 0.286. The molecule has 1 aromatic rings. The number of halogens is 1. The fourth-order valence-corrected chi connectivity index (χ4v) is 1.74. The van der Waals surface area contributed by atoms with Crippen LogP contribution in [0.5, 0.6) is 0 Å². The summed E-state index contributed by atoms with van der Waals surface area (Å²) in [6.45, 7) is 3.77. The van der Waals surface area contributed by atoms with Gasteiger partial charge < -0.3 is 15.3 Å². The van der Waals surface area contributed by atoms with Crippen molar-refractivity contribution in [3.63, 3.8) is 0 Å². The van der Waals surface area contributed by atoms with E-state index in [1.165, 1.54) is 11.0 Å². The van der Waals surface area contributed by atoms with E-state index < -0.39 is 12.0 Å². The lowest BCUT2D eigenvalue weighted by molar-refractivity contribution is -0.137. The van der Waals surface area contributed by atoms with Crippen molar-refractivity contribution in [2.45, 2.75) is 6.42 Å². The number of nitrogens with zero attached hydrogens (tertiary/aromatic N) is 1. The highest BCUT2D eigenvalue weighted by Gasteiger charge is 2.14. The Labute approximate surface area is 122 Å². The first-order chi connectivity index (χ1) is 9.52. The van der Waals surface area contributed by atoms with Crippen LogP contribution in [0.3, 0.4) is 0 Å². The molecule has 0 fully saturated rings. The number of carbonyl (C=O) groups excluding carboxylic acids is 1. The van der Waals surface area contributed by atoms with Gasteiger partial charge in [0.25, 0.3) is 0 Å². The number of urea groups is 1. The number of carboxylic acids is 1. The van der Waals surface area contributed by atoms with E-state index in [-0.39, 0.29) is 13.1 Å². The summed E-state index contributed by atoms with van der Waals surface area (Å²) >= 11 is 5.78. The minimum absolute atomic E-state index is 0.194. The monoisotopic (exact) mass is 296 g/mol. The number of hydrogen-bond acceptors (Lipinski definition) is 2. The highest BCUT2D eigenvalue weighted by molar-refractivity contribution is 6.30. The van der Waals surface area contributed by atoms with Crippen LogP contribution in [0.1, 0.15) is 5.56 Å². The summed E-state index contributed by atoms with van der Waals surface area (Å²) in [5.74, 6) is -1.06. The number of carbonyl (C=O) groups is 2. The maximum atomic E-state index is 11.8. The topological polar surface area (TPSA) is 69.6 Å².